The molecule has 7 heteroatoms. The lowest BCUT2D eigenvalue weighted by atomic mass is 9.69. The van der Waals surface area contributed by atoms with E-state index < -0.39 is 14.9 Å². The predicted molar refractivity (Wildman–Crippen MR) is 87.3 cm³/mol. The average Bonchev–Trinajstić information content (AvgIpc) is 2.84. The predicted octanol–water partition coefficient (Wildman–Crippen LogP) is 3.18. The number of alkyl halides is 2. The van der Waals surface area contributed by atoms with Gasteiger partial charge in [-0.1, -0.05) is 20.8 Å². The molecule has 1 amide bonds. The van der Waals surface area contributed by atoms with Crippen molar-refractivity contribution in [2.45, 2.75) is 57.3 Å². The van der Waals surface area contributed by atoms with Crippen molar-refractivity contribution in [1.29, 1.82) is 0 Å². The van der Waals surface area contributed by atoms with E-state index in [1.807, 2.05) is 0 Å². The molecule has 0 N–H and O–H groups in total. The largest absolute Gasteiger partial charge is 0.274 e. The van der Waals surface area contributed by atoms with Crippen LogP contribution < -0.4 is 0 Å². The highest BCUT2D eigenvalue weighted by Gasteiger charge is 2.72. The van der Waals surface area contributed by atoms with Crippen LogP contribution in [0.4, 0.5) is 0 Å². The minimum atomic E-state index is -3.53. The Balaban J connectivity index is 1.92. The summed E-state index contributed by atoms with van der Waals surface area (Å²) in [5, 5.41) is 0. The summed E-state index contributed by atoms with van der Waals surface area (Å²) in [7, 11) is -3.53. The van der Waals surface area contributed by atoms with E-state index >= 15 is 0 Å². The number of amides is 1. The number of fused-ring (bicyclic) bond motifs is 1. The molecule has 126 valence electrons. The summed E-state index contributed by atoms with van der Waals surface area (Å²) < 4.78 is 26.6. The minimum absolute atomic E-state index is 0.0209. The van der Waals surface area contributed by atoms with Gasteiger partial charge in [0.15, 0.2) is 0 Å². The van der Waals surface area contributed by atoms with Crippen molar-refractivity contribution in [3.8, 4) is 0 Å². The number of hydrogen-bond acceptors (Lipinski definition) is 3. The fourth-order valence-electron chi connectivity index (χ4n) is 5.07. The maximum Gasteiger partial charge on any atom is 0.238 e. The standard InChI is InChI=1S/C15H23Cl2NO3S/c1-9(13(16)17)6-12(19)18-11-7-10-4-5-15(11,14(10,2)3)8-22(18,20)21/h9-11,13H,4-8H2,1-3H3/t9-,10?,11-,15-/m1/s1. The molecule has 2 saturated carbocycles. The quantitative estimate of drug-likeness (QED) is 0.719. The first-order chi connectivity index (χ1) is 10.0. The van der Waals surface area contributed by atoms with Crippen LogP contribution in [0.1, 0.15) is 46.5 Å². The molecule has 1 saturated heterocycles. The maximum atomic E-state index is 12.7. The van der Waals surface area contributed by atoms with Crippen molar-refractivity contribution in [1.82, 2.24) is 4.31 Å². The zero-order valence-electron chi connectivity index (χ0n) is 13.2. The molecule has 0 aromatic heterocycles. The molecule has 3 fully saturated rings. The third-order valence-electron chi connectivity index (χ3n) is 6.58. The molecule has 1 heterocycles. The topological polar surface area (TPSA) is 54.5 Å². The van der Waals surface area contributed by atoms with Gasteiger partial charge in [-0.3, -0.25) is 4.79 Å². The fourth-order valence-corrected chi connectivity index (χ4v) is 7.81. The molecular formula is C15H23Cl2NO3S. The highest BCUT2D eigenvalue weighted by atomic mass is 35.5. The summed E-state index contributed by atoms with van der Waals surface area (Å²) in [6.07, 6.45) is 2.86. The lowest BCUT2D eigenvalue weighted by molar-refractivity contribution is -0.129. The molecule has 2 bridgehead atoms. The van der Waals surface area contributed by atoms with Crippen molar-refractivity contribution < 1.29 is 13.2 Å². The van der Waals surface area contributed by atoms with E-state index in [1.165, 1.54) is 4.31 Å². The number of halogens is 2. The summed E-state index contributed by atoms with van der Waals surface area (Å²) in [6, 6.07) is -0.171. The monoisotopic (exact) mass is 367 g/mol. The first-order valence-electron chi connectivity index (χ1n) is 7.86. The summed E-state index contributed by atoms with van der Waals surface area (Å²) in [5.41, 5.74) is -0.288. The molecule has 22 heavy (non-hydrogen) atoms. The van der Waals surface area contributed by atoms with E-state index in [2.05, 4.69) is 13.8 Å². The highest BCUT2D eigenvalue weighted by Crippen LogP contribution is 2.70. The third-order valence-corrected chi connectivity index (χ3v) is 9.38. The van der Waals surface area contributed by atoms with Gasteiger partial charge >= 0.3 is 0 Å². The molecule has 0 aromatic carbocycles. The summed E-state index contributed by atoms with van der Waals surface area (Å²) in [6.45, 7) is 6.11. The maximum absolute atomic E-state index is 12.7. The SMILES string of the molecule is C[C@H](CC(=O)N1[C@@H]2CC3CC[C@]2(CS1(=O)=O)C3(C)C)C(Cl)Cl. The molecule has 0 radical (unpaired) electrons. The van der Waals surface area contributed by atoms with Crippen LogP contribution in [-0.4, -0.2) is 35.3 Å². The van der Waals surface area contributed by atoms with E-state index in [4.69, 9.17) is 23.2 Å². The van der Waals surface area contributed by atoms with E-state index in [-0.39, 0.29) is 40.9 Å². The molecule has 1 spiro atoms. The van der Waals surface area contributed by atoms with Crippen LogP contribution >= 0.6 is 23.2 Å². The van der Waals surface area contributed by atoms with Crippen molar-refractivity contribution >= 4 is 39.1 Å². The number of rotatable bonds is 3. The minimum Gasteiger partial charge on any atom is -0.274 e. The normalized spacial score (nSPS) is 39.3. The Bertz CT molecular complexity index is 604. The molecule has 0 aromatic rings. The van der Waals surface area contributed by atoms with E-state index in [1.54, 1.807) is 6.92 Å². The number of carbonyl (C=O) groups excluding carboxylic acids is 1. The molecule has 3 aliphatic rings. The Labute approximate surface area is 142 Å². The summed E-state index contributed by atoms with van der Waals surface area (Å²) >= 11 is 11.6. The van der Waals surface area contributed by atoms with Gasteiger partial charge in [0.2, 0.25) is 15.9 Å². The zero-order chi connectivity index (χ0) is 16.5. The Morgan fingerprint density at radius 2 is 2.00 bits per heavy atom. The van der Waals surface area contributed by atoms with Crippen LogP contribution in [0.15, 0.2) is 0 Å². The molecule has 3 rings (SSSR count). The van der Waals surface area contributed by atoms with Gasteiger partial charge in [0.1, 0.15) is 4.84 Å². The van der Waals surface area contributed by atoms with Gasteiger partial charge in [-0.05, 0) is 36.5 Å². The van der Waals surface area contributed by atoms with Crippen molar-refractivity contribution in [2.75, 3.05) is 5.75 Å². The van der Waals surface area contributed by atoms with Crippen LogP contribution in [0.2, 0.25) is 0 Å². The second-order valence-electron chi connectivity index (χ2n) is 7.83. The second kappa shape index (κ2) is 5.00. The zero-order valence-corrected chi connectivity index (χ0v) is 15.5. The van der Waals surface area contributed by atoms with Gasteiger partial charge in [0, 0.05) is 11.8 Å². The second-order valence-corrected chi connectivity index (χ2v) is 10.8. The van der Waals surface area contributed by atoms with Crippen molar-refractivity contribution in [3.05, 3.63) is 0 Å². The smallest absolute Gasteiger partial charge is 0.238 e. The molecule has 1 aliphatic heterocycles. The lowest BCUT2D eigenvalue weighted by Gasteiger charge is -2.37. The van der Waals surface area contributed by atoms with Crippen LogP contribution in [-0.2, 0) is 14.8 Å². The molecule has 1 unspecified atom stereocenters. The molecule has 2 aliphatic carbocycles. The van der Waals surface area contributed by atoms with E-state index in [0.717, 1.165) is 19.3 Å². The number of sulfonamides is 1. The highest BCUT2D eigenvalue weighted by molar-refractivity contribution is 7.90. The van der Waals surface area contributed by atoms with Crippen molar-refractivity contribution in [3.63, 3.8) is 0 Å². The number of nitrogens with zero attached hydrogens (tertiary/aromatic N) is 1. The number of carbonyl (C=O) groups is 1. The summed E-state index contributed by atoms with van der Waals surface area (Å²) in [4.78, 5) is 12.0. The fraction of sp³-hybridized carbons (Fsp3) is 0.933. The average molecular weight is 368 g/mol. The Morgan fingerprint density at radius 3 is 2.55 bits per heavy atom. The van der Waals surface area contributed by atoms with Gasteiger partial charge in [-0.25, -0.2) is 12.7 Å². The number of hydrogen-bond donors (Lipinski definition) is 0. The van der Waals surface area contributed by atoms with Crippen LogP contribution in [0.3, 0.4) is 0 Å². The van der Waals surface area contributed by atoms with Crippen LogP contribution in [0.25, 0.3) is 0 Å². The van der Waals surface area contributed by atoms with Crippen LogP contribution in [0, 0.1) is 22.7 Å². The molecule has 4 nitrogen and oxygen atoms in total. The van der Waals surface area contributed by atoms with Gasteiger partial charge < -0.3 is 0 Å². The first-order valence-corrected chi connectivity index (χ1v) is 10.3. The Morgan fingerprint density at radius 1 is 1.36 bits per heavy atom. The Kier molecular flexibility index (Phi) is 3.83. The van der Waals surface area contributed by atoms with Gasteiger partial charge in [0.25, 0.3) is 0 Å². The van der Waals surface area contributed by atoms with Gasteiger partial charge in [0.05, 0.1) is 11.8 Å². The Hall–Kier alpha value is -0.000000000000000111. The third kappa shape index (κ3) is 2.07. The molecular weight excluding hydrogens is 345 g/mol. The molecule has 4 atom stereocenters. The van der Waals surface area contributed by atoms with E-state index in [0.29, 0.717) is 5.92 Å². The van der Waals surface area contributed by atoms with Crippen molar-refractivity contribution in [2.24, 2.45) is 22.7 Å². The van der Waals surface area contributed by atoms with Gasteiger partial charge in [-0.15, -0.1) is 23.2 Å². The van der Waals surface area contributed by atoms with Crippen LogP contribution in [0.5, 0.6) is 0 Å². The van der Waals surface area contributed by atoms with E-state index in [9.17, 15) is 13.2 Å². The van der Waals surface area contributed by atoms with Gasteiger partial charge in [-0.2, -0.15) is 0 Å². The summed E-state index contributed by atoms with van der Waals surface area (Å²) in [5.74, 6) is 0.0205. The first kappa shape index (κ1) is 16.8. The lowest BCUT2D eigenvalue weighted by Crippen LogP contribution is -2.44.